The Morgan fingerprint density at radius 1 is 1.03 bits per heavy atom. The highest BCUT2D eigenvalue weighted by atomic mass is 35.5. The Kier molecular flexibility index (Phi) is 5.69. The van der Waals surface area contributed by atoms with Gasteiger partial charge in [0.2, 0.25) is 0 Å². The van der Waals surface area contributed by atoms with E-state index in [0.29, 0.717) is 40.2 Å². The summed E-state index contributed by atoms with van der Waals surface area (Å²) in [6, 6.07) is 20.1. The van der Waals surface area contributed by atoms with E-state index < -0.39 is 0 Å². The highest BCUT2D eigenvalue weighted by molar-refractivity contribution is 6.35. The lowest BCUT2D eigenvalue weighted by Gasteiger charge is -2.09. The van der Waals surface area contributed by atoms with Crippen molar-refractivity contribution in [3.05, 3.63) is 94.3 Å². The van der Waals surface area contributed by atoms with E-state index >= 15 is 0 Å². The maximum absolute atomic E-state index is 12.9. The van der Waals surface area contributed by atoms with E-state index in [-0.39, 0.29) is 5.91 Å². The third kappa shape index (κ3) is 4.36. The zero-order chi connectivity index (χ0) is 20.2. The predicted octanol–water partition coefficient (Wildman–Crippen LogP) is 5.41. The van der Waals surface area contributed by atoms with Gasteiger partial charge in [-0.25, -0.2) is 4.68 Å². The number of para-hydroxylation sites is 1. The minimum Gasteiger partial charge on any atom is -0.463 e. The Hall–Kier alpha value is -3.02. The molecular formula is C22H17Cl2N3O2. The van der Waals surface area contributed by atoms with Gasteiger partial charge in [0, 0.05) is 22.7 Å². The predicted molar refractivity (Wildman–Crippen MR) is 114 cm³/mol. The average Bonchev–Trinajstić information content (AvgIpc) is 3.40. The van der Waals surface area contributed by atoms with Crippen LogP contribution in [-0.2, 0) is 6.42 Å². The van der Waals surface area contributed by atoms with Gasteiger partial charge in [-0.1, -0.05) is 47.5 Å². The number of halogens is 2. The number of furan rings is 1. The maximum Gasteiger partial charge on any atom is 0.270 e. The molecule has 0 aliphatic rings. The van der Waals surface area contributed by atoms with Crippen molar-refractivity contribution < 1.29 is 9.21 Å². The number of carbonyl (C=O) groups excluding carboxylic acids is 1. The Morgan fingerprint density at radius 3 is 2.59 bits per heavy atom. The van der Waals surface area contributed by atoms with Gasteiger partial charge in [0.15, 0.2) is 5.76 Å². The fourth-order valence-corrected chi connectivity index (χ4v) is 3.48. The van der Waals surface area contributed by atoms with E-state index in [4.69, 9.17) is 27.6 Å². The maximum atomic E-state index is 12.9. The van der Waals surface area contributed by atoms with Crippen molar-refractivity contribution in [3.8, 4) is 17.1 Å². The van der Waals surface area contributed by atoms with Crippen LogP contribution in [0.1, 0.15) is 16.1 Å². The largest absolute Gasteiger partial charge is 0.463 e. The number of hydrogen-bond acceptors (Lipinski definition) is 3. The van der Waals surface area contributed by atoms with Crippen LogP contribution in [0.3, 0.4) is 0 Å². The van der Waals surface area contributed by atoms with Crippen LogP contribution in [0.4, 0.5) is 0 Å². The molecule has 1 amide bonds. The molecule has 2 heterocycles. The molecule has 7 heteroatoms. The Bertz CT molecular complexity index is 1120. The van der Waals surface area contributed by atoms with E-state index in [9.17, 15) is 4.79 Å². The molecule has 146 valence electrons. The summed E-state index contributed by atoms with van der Waals surface area (Å²) in [5.41, 5.74) is 2.72. The summed E-state index contributed by atoms with van der Waals surface area (Å²) in [5.74, 6) is 0.367. The first-order valence-corrected chi connectivity index (χ1v) is 9.79. The van der Waals surface area contributed by atoms with E-state index in [2.05, 4.69) is 10.4 Å². The second-order valence-corrected chi connectivity index (χ2v) is 7.22. The molecular weight excluding hydrogens is 409 g/mol. The molecule has 0 unspecified atom stereocenters. The van der Waals surface area contributed by atoms with Crippen LogP contribution in [0.2, 0.25) is 10.0 Å². The SMILES string of the molecule is O=C(NCCc1ccc(Cl)cc1Cl)c1cc(-c2ccco2)nn1-c1ccccc1. The minimum absolute atomic E-state index is 0.232. The minimum atomic E-state index is -0.232. The molecule has 29 heavy (non-hydrogen) atoms. The van der Waals surface area contributed by atoms with Gasteiger partial charge in [-0.2, -0.15) is 5.10 Å². The molecule has 0 saturated carbocycles. The normalized spacial score (nSPS) is 10.8. The van der Waals surface area contributed by atoms with E-state index in [1.165, 1.54) is 0 Å². The van der Waals surface area contributed by atoms with Gasteiger partial charge in [-0.15, -0.1) is 0 Å². The van der Waals surface area contributed by atoms with Crippen molar-refractivity contribution in [3.63, 3.8) is 0 Å². The van der Waals surface area contributed by atoms with Crippen LogP contribution >= 0.6 is 23.2 Å². The molecule has 0 radical (unpaired) electrons. The first-order chi connectivity index (χ1) is 14.1. The van der Waals surface area contributed by atoms with Gasteiger partial charge in [-0.3, -0.25) is 4.79 Å². The topological polar surface area (TPSA) is 60.1 Å². The Balaban J connectivity index is 1.55. The summed E-state index contributed by atoms with van der Waals surface area (Å²) >= 11 is 12.1. The molecule has 2 aromatic carbocycles. The molecule has 0 saturated heterocycles. The third-order valence-corrected chi connectivity index (χ3v) is 5.00. The van der Waals surface area contributed by atoms with Crippen LogP contribution in [0.15, 0.2) is 77.4 Å². The van der Waals surface area contributed by atoms with Crippen LogP contribution < -0.4 is 5.32 Å². The first-order valence-electron chi connectivity index (χ1n) is 9.03. The lowest BCUT2D eigenvalue weighted by molar-refractivity contribution is 0.0946. The zero-order valence-corrected chi connectivity index (χ0v) is 16.8. The molecule has 2 aromatic heterocycles. The van der Waals surface area contributed by atoms with Gasteiger partial charge in [0.1, 0.15) is 11.4 Å². The number of hydrogen-bond donors (Lipinski definition) is 1. The molecule has 0 atom stereocenters. The number of rotatable bonds is 6. The highest BCUT2D eigenvalue weighted by Crippen LogP contribution is 2.23. The monoisotopic (exact) mass is 425 g/mol. The molecule has 5 nitrogen and oxygen atoms in total. The summed E-state index contributed by atoms with van der Waals surface area (Å²) in [6.45, 7) is 0.427. The standard InChI is InChI=1S/C22H17Cl2N3O2/c23-16-9-8-15(18(24)13-16)10-11-25-22(28)20-14-19(21-7-4-12-29-21)26-27(20)17-5-2-1-3-6-17/h1-9,12-14H,10-11H2,(H,25,28). The molecule has 4 aromatic rings. The number of aromatic nitrogens is 2. The second-order valence-electron chi connectivity index (χ2n) is 6.38. The van der Waals surface area contributed by atoms with Crippen LogP contribution in [-0.4, -0.2) is 22.2 Å². The van der Waals surface area contributed by atoms with Gasteiger partial charge in [0.05, 0.1) is 12.0 Å². The Morgan fingerprint density at radius 2 is 1.86 bits per heavy atom. The van der Waals surface area contributed by atoms with Gasteiger partial charge < -0.3 is 9.73 Å². The summed E-state index contributed by atoms with van der Waals surface area (Å²) in [4.78, 5) is 12.9. The number of amides is 1. The second kappa shape index (κ2) is 8.55. The number of nitrogens with zero attached hydrogens (tertiary/aromatic N) is 2. The number of benzene rings is 2. The zero-order valence-electron chi connectivity index (χ0n) is 15.3. The average molecular weight is 426 g/mol. The molecule has 0 bridgehead atoms. The molecule has 4 rings (SSSR count). The van der Waals surface area contributed by atoms with Crippen molar-refractivity contribution in [2.24, 2.45) is 0 Å². The van der Waals surface area contributed by atoms with Crippen LogP contribution in [0, 0.1) is 0 Å². The van der Waals surface area contributed by atoms with E-state index in [1.54, 1.807) is 35.2 Å². The van der Waals surface area contributed by atoms with Gasteiger partial charge >= 0.3 is 0 Å². The smallest absolute Gasteiger partial charge is 0.270 e. The number of carbonyl (C=O) groups is 1. The van der Waals surface area contributed by atoms with Crippen molar-refractivity contribution in [2.45, 2.75) is 6.42 Å². The van der Waals surface area contributed by atoms with Crippen molar-refractivity contribution >= 4 is 29.1 Å². The van der Waals surface area contributed by atoms with E-state index in [0.717, 1.165) is 11.3 Å². The number of nitrogens with one attached hydrogen (secondary N) is 1. The summed E-state index contributed by atoms with van der Waals surface area (Å²) < 4.78 is 7.05. The lowest BCUT2D eigenvalue weighted by atomic mass is 10.1. The lowest BCUT2D eigenvalue weighted by Crippen LogP contribution is -2.27. The quantitative estimate of drug-likeness (QED) is 0.449. The van der Waals surface area contributed by atoms with Gasteiger partial charge in [-0.05, 0) is 48.4 Å². The van der Waals surface area contributed by atoms with Gasteiger partial charge in [0.25, 0.3) is 5.91 Å². The van der Waals surface area contributed by atoms with Crippen LogP contribution in [0.5, 0.6) is 0 Å². The van der Waals surface area contributed by atoms with Crippen molar-refractivity contribution in [1.82, 2.24) is 15.1 Å². The van der Waals surface area contributed by atoms with Crippen LogP contribution in [0.25, 0.3) is 17.1 Å². The first kappa shape index (κ1) is 19.3. The fourth-order valence-electron chi connectivity index (χ4n) is 2.98. The van der Waals surface area contributed by atoms with Crippen molar-refractivity contribution in [2.75, 3.05) is 6.54 Å². The summed E-state index contributed by atoms with van der Waals surface area (Å²) in [5, 5.41) is 8.66. The summed E-state index contributed by atoms with van der Waals surface area (Å²) in [7, 11) is 0. The molecule has 0 fully saturated rings. The third-order valence-electron chi connectivity index (χ3n) is 4.41. The Labute approximate surface area is 177 Å². The highest BCUT2D eigenvalue weighted by Gasteiger charge is 2.18. The summed E-state index contributed by atoms with van der Waals surface area (Å²) in [6.07, 6.45) is 2.17. The van der Waals surface area contributed by atoms with E-state index in [1.807, 2.05) is 42.5 Å². The molecule has 0 aliphatic carbocycles. The van der Waals surface area contributed by atoms with Crippen molar-refractivity contribution in [1.29, 1.82) is 0 Å². The molecule has 0 aliphatic heterocycles. The fraction of sp³-hybridized carbons (Fsp3) is 0.0909. The molecule has 1 N–H and O–H groups in total. The molecule has 0 spiro atoms.